The molecule has 9 heavy (non-hydrogen) atoms. The SMILES string of the molecule is O=S([O-])NS(=O)(=O)NO. The average molecular weight is 175 g/mol. The van der Waals surface area contributed by atoms with Crippen molar-refractivity contribution >= 4 is 21.5 Å². The molecule has 0 spiro atoms. The van der Waals surface area contributed by atoms with E-state index in [9.17, 15) is 17.2 Å². The Morgan fingerprint density at radius 1 is 1.56 bits per heavy atom. The molecule has 0 saturated heterocycles. The van der Waals surface area contributed by atoms with Crippen molar-refractivity contribution in [2.24, 2.45) is 0 Å². The quantitative estimate of drug-likeness (QED) is 0.326. The lowest BCUT2D eigenvalue weighted by molar-refractivity contribution is 0.242. The van der Waals surface area contributed by atoms with Gasteiger partial charge in [-0.3, -0.25) is 4.21 Å². The van der Waals surface area contributed by atoms with E-state index in [1.165, 1.54) is 0 Å². The predicted molar refractivity (Wildman–Crippen MR) is 25.9 cm³/mol. The van der Waals surface area contributed by atoms with Gasteiger partial charge in [-0.15, -0.1) is 4.13 Å². The molecule has 0 aliphatic carbocycles. The summed E-state index contributed by atoms with van der Waals surface area (Å²) in [4.78, 5) is 0.741. The lowest BCUT2D eigenvalue weighted by Crippen LogP contribution is -2.35. The van der Waals surface area contributed by atoms with Gasteiger partial charge in [0.05, 0.1) is 0 Å². The fourth-order valence-electron chi connectivity index (χ4n) is 0.108. The Bertz CT molecular complexity index is 191. The second-order valence-electron chi connectivity index (χ2n) is 0.913. The van der Waals surface area contributed by atoms with Crippen LogP contribution in [-0.4, -0.2) is 22.4 Å². The van der Waals surface area contributed by atoms with Crippen molar-refractivity contribution in [3.05, 3.63) is 0 Å². The molecule has 0 saturated carbocycles. The molecule has 0 heterocycles. The van der Waals surface area contributed by atoms with Gasteiger partial charge >= 0.3 is 10.2 Å². The van der Waals surface area contributed by atoms with Crippen molar-refractivity contribution in [3.8, 4) is 0 Å². The zero-order chi connectivity index (χ0) is 7.49. The summed E-state index contributed by atoms with van der Waals surface area (Å²) in [5.74, 6) is 0. The minimum absolute atomic E-state index is 0.741. The van der Waals surface area contributed by atoms with Gasteiger partial charge < -0.3 is 9.76 Å². The van der Waals surface area contributed by atoms with E-state index in [1.807, 2.05) is 0 Å². The first kappa shape index (κ1) is 8.94. The maximum absolute atomic E-state index is 9.94. The molecule has 0 amide bonds. The summed E-state index contributed by atoms with van der Waals surface area (Å²) in [6.45, 7) is 0. The van der Waals surface area contributed by atoms with E-state index in [2.05, 4.69) is 0 Å². The van der Waals surface area contributed by atoms with Crippen molar-refractivity contribution in [2.75, 3.05) is 0 Å². The first-order valence-electron chi connectivity index (χ1n) is 1.50. The molecule has 0 aliphatic heterocycles. The van der Waals surface area contributed by atoms with Crippen LogP contribution in [-0.2, 0) is 21.5 Å². The molecular weight excluding hydrogens is 172 g/mol. The summed E-state index contributed by atoms with van der Waals surface area (Å²) >= 11 is -2.95. The van der Waals surface area contributed by atoms with Crippen LogP contribution in [0.3, 0.4) is 0 Å². The normalized spacial score (nSPS) is 15.3. The molecule has 56 valence electrons. The third kappa shape index (κ3) is 4.44. The zero-order valence-corrected chi connectivity index (χ0v) is 5.53. The van der Waals surface area contributed by atoms with Gasteiger partial charge in [-0.1, -0.05) is 4.89 Å². The summed E-state index contributed by atoms with van der Waals surface area (Å²) in [6, 6.07) is 0. The highest BCUT2D eigenvalue weighted by molar-refractivity contribution is 7.98. The van der Waals surface area contributed by atoms with Crippen LogP contribution >= 0.6 is 0 Å². The highest BCUT2D eigenvalue weighted by Crippen LogP contribution is 1.72. The lowest BCUT2D eigenvalue weighted by atomic mass is 13.5. The molecule has 0 bridgehead atoms. The Morgan fingerprint density at radius 3 is 2.11 bits per heavy atom. The smallest absolute Gasteiger partial charge is 0.309 e. The van der Waals surface area contributed by atoms with Crippen molar-refractivity contribution in [3.63, 3.8) is 0 Å². The molecule has 3 N–H and O–H groups in total. The highest BCUT2D eigenvalue weighted by atomic mass is 32.3. The molecule has 0 aromatic carbocycles. The van der Waals surface area contributed by atoms with Crippen LogP contribution in [0.1, 0.15) is 0 Å². The third-order valence-electron chi connectivity index (χ3n) is 0.298. The highest BCUT2D eigenvalue weighted by Gasteiger charge is 2.04. The zero-order valence-electron chi connectivity index (χ0n) is 3.90. The molecule has 1 atom stereocenters. The summed E-state index contributed by atoms with van der Waals surface area (Å²) in [5, 5.41) is 7.67. The summed E-state index contributed by atoms with van der Waals surface area (Å²) < 4.78 is 40.0. The second kappa shape index (κ2) is 3.20. The Kier molecular flexibility index (Phi) is 3.17. The standard InChI is InChI=1S/H4N2O5S2/c3-1-9(6,7)2-8(4)5/h1-3H,(H,4,5)/p-1. The molecule has 7 nitrogen and oxygen atoms in total. The average Bonchev–Trinajstić information content (AvgIpc) is 1.63. The number of hydrogen-bond donors (Lipinski definition) is 3. The Balaban J connectivity index is 4.06. The minimum atomic E-state index is -4.28. The van der Waals surface area contributed by atoms with Crippen LogP contribution in [0.15, 0.2) is 0 Å². The predicted octanol–water partition coefficient (Wildman–Crippen LogP) is -2.41. The molecular formula is H3N2O5S2-. The first-order valence-corrected chi connectivity index (χ1v) is 4.06. The van der Waals surface area contributed by atoms with E-state index >= 15 is 0 Å². The number of hydrogen-bond acceptors (Lipinski definition) is 5. The molecule has 0 aliphatic rings. The molecule has 0 fully saturated rings. The molecule has 0 rings (SSSR count). The van der Waals surface area contributed by atoms with Crippen molar-refractivity contribution in [2.45, 2.75) is 0 Å². The van der Waals surface area contributed by atoms with E-state index in [1.54, 1.807) is 0 Å². The van der Waals surface area contributed by atoms with Gasteiger partial charge in [0.2, 0.25) is 0 Å². The lowest BCUT2D eigenvalue weighted by Gasteiger charge is -2.04. The van der Waals surface area contributed by atoms with Crippen LogP contribution in [0.4, 0.5) is 0 Å². The van der Waals surface area contributed by atoms with Gasteiger partial charge in [-0.05, 0) is 0 Å². The van der Waals surface area contributed by atoms with Gasteiger partial charge in [0.25, 0.3) is 0 Å². The molecule has 0 aromatic heterocycles. The van der Waals surface area contributed by atoms with E-state index in [4.69, 9.17) is 5.21 Å². The Morgan fingerprint density at radius 2 is 2.00 bits per heavy atom. The van der Waals surface area contributed by atoms with Crippen LogP contribution in [0.5, 0.6) is 0 Å². The fourth-order valence-corrected chi connectivity index (χ4v) is 0.974. The van der Waals surface area contributed by atoms with Gasteiger partial charge in [-0.25, -0.2) is 0 Å². The van der Waals surface area contributed by atoms with Crippen molar-refractivity contribution < 1.29 is 22.4 Å². The van der Waals surface area contributed by atoms with Crippen LogP contribution in [0, 0.1) is 0 Å². The van der Waals surface area contributed by atoms with Crippen LogP contribution in [0.2, 0.25) is 0 Å². The van der Waals surface area contributed by atoms with E-state index in [0.29, 0.717) is 0 Å². The molecule has 1 unspecified atom stereocenters. The van der Waals surface area contributed by atoms with Gasteiger partial charge in [0.15, 0.2) is 0 Å². The molecule has 0 aromatic rings. The summed E-state index contributed by atoms with van der Waals surface area (Å²) in [6.07, 6.45) is 0. The first-order chi connectivity index (χ1) is 3.98. The second-order valence-corrected chi connectivity index (χ2v) is 3.24. The largest absolute Gasteiger partial charge is 0.759 e. The van der Waals surface area contributed by atoms with Gasteiger partial charge in [-0.2, -0.15) is 8.42 Å². The minimum Gasteiger partial charge on any atom is -0.759 e. The summed E-state index contributed by atoms with van der Waals surface area (Å²) in [5.41, 5.74) is 0. The Labute approximate surface area is 53.6 Å². The molecule has 9 heteroatoms. The fraction of sp³-hybridized carbons (Fsp3) is 0. The van der Waals surface area contributed by atoms with Gasteiger partial charge in [0, 0.05) is 11.3 Å². The topological polar surface area (TPSA) is 119 Å². The monoisotopic (exact) mass is 175 g/mol. The van der Waals surface area contributed by atoms with Crippen LogP contribution < -0.4 is 9.01 Å². The van der Waals surface area contributed by atoms with Gasteiger partial charge in [0.1, 0.15) is 0 Å². The van der Waals surface area contributed by atoms with E-state index in [0.717, 1.165) is 9.01 Å². The van der Waals surface area contributed by atoms with Crippen molar-refractivity contribution in [1.82, 2.24) is 9.01 Å². The number of rotatable bonds is 3. The molecule has 0 radical (unpaired) electrons. The van der Waals surface area contributed by atoms with E-state index in [-0.39, 0.29) is 0 Å². The maximum atomic E-state index is 9.94. The summed E-state index contributed by atoms with van der Waals surface area (Å²) in [7, 11) is -4.28. The van der Waals surface area contributed by atoms with Crippen molar-refractivity contribution in [1.29, 1.82) is 0 Å². The number of nitrogens with one attached hydrogen (secondary N) is 2. The van der Waals surface area contributed by atoms with Crippen LogP contribution in [0.25, 0.3) is 0 Å². The third-order valence-corrected chi connectivity index (χ3v) is 1.96. The van der Waals surface area contributed by atoms with E-state index < -0.39 is 21.5 Å². The Hall–Kier alpha value is -0.0600. The maximum Gasteiger partial charge on any atom is 0.309 e.